The molecule has 4 nitrogen and oxygen atoms in total. The second-order valence-electron chi connectivity index (χ2n) is 5.96. The SMILES string of the molecule is Nc1c(C(=O)O)sc2nc3c(c(-c4ccc(Br)cc4)c12)CCCC3. The number of aryl methyl sites for hydroxylation is 1. The number of aromatic nitrogens is 1. The minimum atomic E-state index is -0.991. The van der Waals surface area contributed by atoms with Crippen molar-refractivity contribution in [1.82, 2.24) is 4.98 Å². The van der Waals surface area contributed by atoms with Crippen molar-refractivity contribution in [3.8, 4) is 11.1 Å². The Labute approximate surface area is 151 Å². The molecule has 1 aliphatic rings. The highest BCUT2D eigenvalue weighted by atomic mass is 79.9. The summed E-state index contributed by atoms with van der Waals surface area (Å²) in [6.07, 6.45) is 4.15. The standard InChI is InChI=1S/C18H15BrN2O2S/c19-10-7-5-9(6-8-10)13-11-3-1-2-4-12(11)21-17-14(13)15(20)16(24-17)18(22)23/h5-8H,1-4,20H2,(H,22,23). The molecule has 4 rings (SSSR count). The molecule has 0 saturated heterocycles. The van der Waals surface area contributed by atoms with Gasteiger partial charge in [0.2, 0.25) is 0 Å². The highest BCUT2D eigenvalue weighted by Gasteiger charge is 2.25. The highest BCUT2D eigenvalue weighted by molar-refractivity contribution is 9.10. The molecule has 0 aliphatic heterocycles. The van der Waals surface area contributed by atoms with Crippen LogP contribution in [0, 0.1) is 0 Å². The van der Waals surface area contributed by atoms with Crippen molar-refractivity contribution in [3.05, 3.63) is 44.9 Å². The summed E-state index contributed by atoms with van der Waals surface area (Å²) in [6.45, 7) is 0. The Bertz CT molecular complexity index is 964. The Morgan fingerprint density at radius 1 is 1.21 bits per heavy atom. The average Bonchev–Trinajstić information content (AvgIpc) is 2.90. The third kappa shape index (κ3) is 2.41. The summed E-state index contributed by atoms with van der Waals surface area (Å²) in [4.78, 5) is 17.2. The molecule has 122 valence electrons. The number of carboxylic acid groups (broad SMARTS) is 1. The van der Waals surface area contributed by atoms with E-state index in [-0.39, 0.29) is 4.88 Å². The number of rotatable bonds is 2. The predicted octanol–water partition coefficient (Wildman–Crippen LogP) is 4.89. The number of benzene rings is 1. The topological polar surface area (TPSA) is 76.2 Å². The van der Waals surface area contributed by atoms with Gasteiger partial charge in [0.25, 0.3) is 0 Å². The summed E-state index contributed by atoms with van der Waals surface area (Å²) in [5, 5.41) is 10.2. The number of thiophene rings is 1. The van der Waals surface area contributed by atoms with E-state index < -0.39 is 5.97 Å². The fraction of sp³-hybridized carbons (Fsp3) is 0.222. The number of nitrogens with zero attached hydrogens (tertiary/aromatic N) is 1. The van der Waals surface area contributed by atoms with Crippen molar-refractivity contribution in [2.75, 3.05) is 5.73 Å². The van der Waals surface area contributed by atoms with Gasteiger partial charge in [-0.1, -0.05) is 28.1 Å². The molecule has 0 unspecified atom stereocenters. The second kappa shape index (κ2) is 5.86. The van der Waals surface area contributed by atoms with E-state index in [1.54, 1.807) is 0 Å². The van der Waals surface area contributed by atoms with Gasteiger partial charge in [-0.15, -0.1) is 11.3 Å². The van der Waals surface area contributed by atoms with Crippen LogP contribution in [0.1, 0.15) is 33.8 Å². The number of anilines is 1. The Morgan fingerprint density at radius 3 is 2.62 bits per heavy atom. The van der Waals surface area contributed by atoms with Gasteiger partial charge < -0.3 is 10.8 Å². The summed E-state index contributed by atoms with van der Waals surface area (Å²) < 4.78 is 1.01. The van der Waals surface area contributed by atoms with Gasteiger partial charge in [-0.25, -0.2) is 9.78 Å². The first kappa shape index (κ1) is 15.6. The molecule has 0 bridgehead atoms. The lowest BCUT2D eigenvalue weighted by molar-refractivity contribution is 0.0703. The molecular formula is C18H15BrN2O2S. The third-order valence-electron chi connectivity index (χ3n) is 4.48. The molecule has 0 atom stereocenters. The summed E-state index contributed by atoms with van der Waals surface area (Å²) >= 11 is 4.64. The Morgan fingerprint density at radius 2 is 1.92 bits per heavy atom. The van der Waals surface area contributed by atoms with Crippen molar-refractivity contribution in [2.24, 2.45) is 0 Å². The number of carboxylic acids is 1. The van der Waals surface area contributed by atoms with Crippen LogP contribution < -0.4 is 5.73 Å². The molecule has 0 radical (unpaired) electrons. The molecule has 0 spiro atoms. The summed E-state index contributed by atoms with van der Waals surface area (Å²) in [5.41, 5.74) is 11.0. The maximum absolute atomic E-state index is 11.5. The number of carbonyl (C=O) groups is 1. The number of fused-ring (bicyclic) bond motifs is 2. The number of aromatic carboxylic acids is 1. The minimum absolute atomic E-state index is 0.179. The van der Waals surface area contributed by atoms with Crippen molar-refractivity contribution in [3.63, 3.8) is 0 Å². The lowest BCUT2D eigenvalue weighted by Gasteiger charge is -2.20. The third-order valence-corrected chi connectivity index (χ3v) is 6.10. The van der Waals surface area contributed by atoms with Crippen LogP contribution in [-0.2, 0) is 12.8 Å². The highest BCUT2D eigenvalue weighted by Crippen LogP contribution is 2.43. The Hall–Kier alpha value is -1.92. The molecule has 0 fully saturated rings. The molecule has 24 heavy (non-hydrogen) atoms. The first-order valence-electron chi connectivity index (χ1n) is 7.79. The first-order valence-corrected chi connectivity index (χ1v) is 9.40. The average molecular weight is 403 g/mol. The molecule has 0 amide bonds. The van der Waals surface area contributed by atoms with Gasteiger partial charge in [-0.05, 0) is 54.5 Å². The molecule has 6 heteroatoms. The number of pyridine rings is 1. The fourth-order valence-electron chi connectivity index (χ4n) is 3.40. The molecule has 3 aromatic rings. The van der Waals surface area contributed by atoms with E-state index in [0.29, 0.717) is 5.69 Å². The first-order chi connectivity index (χ1) is 11.6. The second-order valence-corrected chi connectivity index (χ2v) is 7.87. The quantitative estimate of drug-likeness (QED) is 0.639. The molecular weight excluding hydrogens is 388 g/mol. The molecule has 1 aliphatic carbocycles. The van der Waals surface area contributed by atoms with Crippen LogP contribution >= 0.6 is 27.3 Å². The van der Waals surface area contributed by atoms with Crippen LogP contribution in [0.25, 0.3) is 21.3 Å². The van der Waals surface area contributed by atoms with E-state index in [0.717, 1.165) is 57.2 Å². The van der Waals surface area contributed by atoms with Gasteiger partial charge >= 0.3 is 5.97 Å². The van der Waals surface area contributed by atoms with E-state index in [1.807, 2.05) is 24.3 Å². The lowest BCUT2D eigenvalue weighted by atomic mass is 9.87. The molecule has 0 saturated carbocycles. The maximum Gasteiger partial charge on any atom is 0.348 e. The van der Waals surface area contributed by atoms with Gasteiger partial charge in [0, 0.05) is 15.6 Å². The van der Waals surface area contributed by atoms with Crippen LogP contribution in [-0.4, -0.2) is 16.1 Å². The van der Waals surface area contributed by atoms with Gasteiger partial charge in [0.05, 0.1) is 5.69 Å². The summed E-state index contributed by atoms with van der Waals surface area (Å²) in [6, 6.07) is 8.09. The van der Waals surface area contributed by atoms with Gasteiger partial charge in [-0.2, -0.15) is 0 Å². The Balaban J connectivity index is 2.11. The maximum atomic E-state index is 11.5. The molecule has 1 aromatic carbocycles. The van der Waals surface area contributed by atoms with Crippen molar-refractivity contribution >= 4 is 49.1 Å². The minimum Gasteiger partial charge on any atom is -0.477 e. The van der Waals surface area contributed by atoms with Gasteiger partial charge in [-0.3, -0.25) is 0 Å². The zero-order chi connectivity index (χ0) is 16.8. The van der Waals surface area contributed by atoms with Crippen LogP contribution in [0.2, 0.25) is 0 Å². The van der Waals surface area contributed by atoms with Crippen molar-refractivity contribution < 1.29 is 9.90 Å². The zero-order valence-electron chi connectivity index (χ0n) is 12.8. The van der Waals surface area contributed by atoms with E-state index in [2.05, 4.69) is 15.9 Å². The van der Waals surface area contributed by atoms with Crippen LogP contribution in [0.4, 0.5) is 5.69 Å². The van der Waals surface area contributed by atoms with Crippen molar-refractivity contribution in [1.29, 1.82) is 0 Å². The van der Waals surface area contributed by atoms with Gasteiger partial charge in [0.1, 0.15) is 9.71 Å². The Kier molecular flexibility index (Phi) is 3.81. The number of halogens is 1. The monoisotopic (exact) mass is 402 g/mol. The fourth-order valence-corrected chi connectivity index (χ4v) is 4.63. The van der Waals surface area contributed by atoms with E-state index in [4.69, 9.17) is 10.7 Å². The smallest absolute Gasteiger partial charge is 0.348 e. The van der Waals surface area contributed by atoms with Crippen LogP contribution in [0.3, 0.4) is 0 Å². The number of hydrogen-bond acceptors (Lipinski definition) is 4. The predicted molar refractivity (Wildman–Crippen MR) is 101 cm³/mol. The summed E-state index contributed by atoms with van der Waals surface area (Å²) in [5.74, 6) is -0.991. The zero-order valence-corrected chi connectivity index (χ0v) is 15.2. The number of nitrogen functional groups attached to an aromatic ring is 1. The van der Waals surface area contributed by atoms with Crippen molar-refractivity contribution in [2.45, 2.75) is 25.7 Å². The number of hydrogen-bond donors (Lipinski definition) is 2. The van der Waals surface area contributed by atoms with Gasteiger partial charge in [0.15, 0.2) is 0 Å². The van der Waals surface area contributed by atoms with E-state index in [1.165, 1.54) is 16.9 Å². The molecule has 2 aromatic heterocycles. The summed E-state index contributed by atoms with van der Waals surface area (Å²) in [7, 11) is 0. The van der Waals surface area contributed by atoms with E-state index in [9.17, 15) is 9.90 Å². The molecule has 2 heterocycles. The molecule has 3 N–H and O–H groups in total. The van der Waals surface area contributed by atoms with Crippen LogP contribution in [0.15, 0.2) is 28.7 Å². The van der Waals surface area contributed by atoms with E-state index >= 15 is 0 Å². The van der Waals surface area contributed by atoms with Crippen LogP contribution in [0.5, 0.6) is 0 Å². The largest absolute Gasteiger partial charge is 0.477 e. The lowest BCUT2D eigenvalue weighted by Crippen LogP contribution is -2.08. The normalized spacial score (nSPS) is 13.9. The number of nitrogens with two attached hydrogens (primary N) is 1.